The third-order valence-electron chi connectivity index (χ3n) is 2.71. The Morgan fingerprint density at radius 2 is 2.43 bits per heavy atom. The molecule has 0 saturated carbocycles. The number of carboxylic acids is 1. The van der Waals surface area contributed by atoms with Crippen LogP contribution in [0.5, 0.6) is 0 Å². The Labute approximate surface area is 80.8 Å². The molecule has 1 aromatic heterocycles. The molecule has 1 aliphatic carbocycles. The molecule has 0 bridgehead atoms. The van der Waals surface area contributed by atoms with Crippen LogP contribution in [0, 0.1) is 6.92 Å². The molecule has 5 nitrogen and oxygen atoms in total. The van der Waals surface area contributed by atoms with Crippen molar-refractivity contribution in [3.8, 4) is 0 Å². The van der Waals surface area contributed by atoms with E-state index in [9.17, 15) is 9.90 Å². The third-order valence-corrected chi connectivity index (χ3v) is 2.71. The minimum Gasteiger partial charge on any atom is -0.481 e. The van der Waals surface area contributed by atoms with Gasteiger partial charge in [0, 0.05) is 11.3 Å². The van der Waals surface area contributed by atoms with Crippen molar-refractivity contribution >= 4 is 5.97 Å². The molecule has 0 spiro atoms. The van der Waals surface area contributed by atoms with Crippen molar-refractivity contribution in [1.29, 1.82) is 0 Å². The molecule has 1 atom stereocenters. The van der Waals surface area contributed by atoms with Crippen LogP contribution >= 0.6 is 0 Å². The molecule has 0 aliphatic heterocycles. The molecule has 1 aromatic rings. The molecular formula is C9H12N2O3. The van der Waals surface area contributed by atoms with Crippen molar-refractivity contribution in [2.75, 3.05) is 0 Å². The fourth-order valence-corrected chi connectivity index (χ4v) is 2.16. The van der Waals surface area contributed by atoms with Crippen LogP contribution in [0.1, 0.15) is 29.8 Å². The second-order valence-corrected chi connectivity index (χ2v) is 3.77. The molecule has 1 unspecified atom stereocenters. The molecule has 5 heteroatoms. The third kappa shape index (κ3) is 1.21. The number of rotatable bonds is 2. The molecule has 0 radical (unpaired) electrons. The van der Waals surface area contributed by atoms with Gasteiger partial charge in [0.2, 0.25) is 0 Å². The number of aromatic amines is 1. The highest BCUT2D eigenvalue weighted by Gasteiger charge is 2.41. The molecule has 2 rings (SSSR count). The topological polar surface area (TPSA) is 86.2 Å². The standard InChI is InChI=1S/C9H12N2O3/c1-5-8-6(11-10-5)2-3-9(8,14)4-7(12)13/h14H,2-4H2,1H3,(H,10,11)(H,12,13). The number of nitrogens with one attached hydrogen (secondary N) is 1. The minimum absolute atomic E-state index is 0.250. The normalized spacial score (nSPS) is 25.0. The van der Waals surface area contributed by atoms with Gasteiger partial charge in [-0.1, -0.05) is 0 Å². The summed E-state index contributed by atoms with van der Waals surface area (Å²) in [7, 11) is 0. The van der Waals surface area contributed by atoms with Gasteiger partial charge in [-0.3, -0.25) is 9.89 Å². The molecule has 0 saturated heterocycles. The smallest absolute Gasteiger partial charge is 0.306 e. The Morgan fingerprint density at radius 1 is 1.71 bits per heavy atom. The first-order valence-electron chi connectivity index (χ1n) is 4.51. The first-order valence-corrected chi connectivity index (χ1v) is 4.51. The van der Waals surface area contributed by atoms with Crippen LogP contribution in [0.3, 0.4) is 0 Å². The van der Waals surface area contributed by atoms with E-state index in [4.69, 9.17) is 5.11 Å². The van der Waals surface area contributed by atoms with E-state index in [-0.39, 0.29) is 6.42 Å². The summed E-state index contributed by atoms with van der Waals surface area (Å²) in [6.45, 7) is 1.80. The van der Waals surface area contributed by atoms with Gasteiger partial charge in [0.05, 0.1) is 12.1 Å². The lowest BCUT2D eigenvalue weighted by molar-refractivity contribution is -0.142. The van der Waals surface area contributed by atoms with E-state index < -0.39 is 11.6 Å². The molecule has 0 amide bonds. The maximum absolute atomic E-state index is 10.6. The molecular weight excluding hydrogens is 184 g/mol. The average molecular weight is 196 g/mol. The lowest BCUT2D eigenvalue weighted by Crippen LogP contribution is -2.26. The highest BCUT2D eigenvalue weighted by Crippen LogP contribution is 2.40. The van der Waals surface area contributed by atoms with Crippen molar-refractivity contribution in [3.63, 3.8) is 0 Å². The van der Waals surface area contributed by atoms with Crippen molar-refractivity contribution in [1.82, 2.24) is 10.2 Å². The highest BCUT2D eigenvalue weighted by molar-refractivity contribution is 5.69. The number of carboxylic acid groups (broad SMARTS) is 1. The Bertz CT molecular complexity index is 385. The van der Waals surface area contributed by atoms with Crippen molar-refractivity contribution in [3.05, 3.63) is 17.0 Å². The van der Waals surface area contributed by atoms with E-state index in [1.54, 1.807) is 6.92 Å². The number of aryl methyl sites for hydroxylation is 2. The zero-order chi connectivity index (χ0) is 10.3. The van der Waals surface area contributed by atoms with E-state index in [0.717, 1.165) is 11.4 Å². The van der Waals surface area contributed by atoms with Gasteiger partial charge in [-0.15, -0.1) is 0 Å². The van der Waals surface area contributed by atoms with Crippen LogP contribution in [0.4, 0.5) is 0 Å². The molecule has 0 fully saturated rings. The Kier molecular flexibility index (Phi) is 1.85. The van der Waals surface area contributed by atoms with Crippen molar-refractivity contribution in [2.45, 2.75) is 31.8 Å². The molecule has 1 aliphatic rings. The first kappa shape index (κ1) is 9.21. The van der Waals surface area contributed by atoms with Crippen LogP contribution in [-0.4, -0.2) is 26.4 Å². The van der Waals surface area contributed by atoms with E-state index in [0.29, 0.717) is 18.4 Å². The maximum atomic E-state index is 10.6. The average Bonchev–Trinajstić information content (AvgIpc) is 2.55. The van der Waals surface area contributed by atoms with E-state index in [2.05, 4.69) is 10.2 Å². The molecule has 1 heterocycles. The van der Waals surface area contributed by atoms with Crippen LogP contribution in [-0.2, 0) is 16.8 Å². The second-order valence-electron chi connectivity index (χ2n) is 3.77. The predicted octanol–water partition coefficient (Wildman–Crippen LogP) is 0.327. The Balaban J connectivity index is 2.40. The summed E-state index contributed by atoms with van der Waals surface area (Å²) in [5, 5.41) is 25.6. The predicted molar refractivity (Wildman–Crippen MR) is 47.8 cm³/mol. The van der Waals surface area contributed by atoms with Gasteiger partial charge in [0.25, 0.3) is 0 Å². The van der Waals surface area contributed by atoms with Gasteiger partial charge in [-0.05, 0) is 19.8 Å². The minimum atomic E-state index is -1.22. The van der Waals surface area contributed by atoms with Gasteiger partial charge < -0.3 is 10.2 Å². The van der Waals surface area contributed by atoms with Crippen molar-refractivity contribution in [2.24, 2.45) is 0 Å². The zero-order valence-corrected chi connectivity index (χ0v) is 7.87. The number of fused-ring (bicyclic) bond motifs is 1. The number of H-pyrrole nitrogens is 1. The monoisotopic (exact) mass is 196 g/mol. The molecule has 0 aromatic carbocycles. The molecule has 3 N–H and O–H groups in total. The first-order chi connectivity index (χ1) is 6.53. The summed E-state index contributed by atoms with van der Waals surface area (Å²) in [5.74, 6) is -0.985. The number of aliphatic carboxylic acids is 1. The van der Waals surface area contributed by atoms with E-state index >= 15 is 0 Å². The fourth-order valence-electron chi connectivity index (χ4n) is 2.16. The lowest BCUT2D eigenvalue weighted by Gasteiger charge is -2.20. The Hall–Kier alpha value is -1.36. The fraction of sp³-hybridized carbons (Fsp3) is 0.556. The van der Waals surface area contributed by atoms with E-state index in [1.807, 2.05) is 0 Å². The van der Waals surface area contributed by atoms with Gasteiger partial charge in [0.1, 0.15) is 5.60 Å². The van der Waals surface area contributed by atoms with Gasteiger partial charge in [-0.2, -0.15) is 5.10 Å². The summed E-state index contributed by atoms with van der Waals surface area (Å²) < 4.78 is 0. The lowest BCUT2D eigenvalue weighted by atomic mass is 9.92. The van der Waals surface area contributed by atoms with E-state index in [1.165, 1.54) is 0 Å². The molecule has 76 valence electrons. The van der Waals surface area contributed by atoms with Crippen LogP contribution in [0.2, 0.25) is 0 Å². The summed E-state index contributed by atoms with van der Waals surface area (Å²) in [5.41, 5.74) is 1.02. The zero-order valence-electron chi connectivity index (χ0n) is 7.87. The second kappa shape index (κ2) is 2.81. The van der Waals surface area contributed by atoms with Gasteiger partial charge in [0.15, 0.2) is 0 Å². The summed E-state index contributed by atoms with van der Waals surface area (Å²) in [4.78, 5) is 10.6. The summed E-state index contributed by atoms with van der Waals surface area (Å²) in [6, 6.07) is 0. The molecule has 14 heavy (non-hydrogen) atoms. The summed E-state index contributed by atoms with van der Waals surface area (Å²) in [6.07, 6.45) is 0.844. The number of aromatic nitrogens is 2. The summed E-state index contributed by atoms with van der Waals surface area (Å²) >= 11 is 0. The number of aliphatic hydroxyl groups is 1. The number of nitrogens with zero attached hydrogens (tertiary/aromatic N) is 1. The van der Waals surface area contributed by atoms with Crippen LogP contribution in [0.25, 0.3) is 0 Å². The number of carbonyl (C=O) groups is 1. The quantitative estimate of drug-likeness (QED) is 0.636. The van der Waals surface area contributed by atoms with Crippen LogP contribution in [0.15, 0.2) is 0 Å². The number of hydrogen-bond donors (Lipinski definition) is 3. The van der Waals surface area contributed by atoms with Gasteiger partial charge >= 0.3 is 5.97 Å². The SMILES string of the molecule is Cc1[nH]nc2c1C(O)(CC(=O)O)CC2. The highest BCUT2D eigenvalue weighted by atomic mass is 16.4. The Morgan fingerprint density at radius 3 is 3.07 bits per heavy atom. The van der Waals surface area contributed by atoms with Gasteiger partial charge in [-0.25, -0.2) is 0 Å². The number of hydrogen-bond acceptors (Lipinski definition) is 3. The van der Waals surface area contributed by atoms with Crippen LogP contribution < -0.4 is 0 Å². The largest absolute Gasteiger partial charge is 0.481 e. The maximum Gasteiger partial charge on any atom is 0.306 e. The van der Waals surface area contributed by atoms with Crippen molar-refractivity contribution < 1.29 is 15.0 Å².